The number of hydrogen-bond acceptors (Lipinski definition) is 4. The third kappa shape index (κ3) is 6.77. The van der Waals surface area contributed by atoms with Crippen LogP contribution in [0.2, 0.25) is 10.0 Å². The van der Waals surface area contributed by atoms with Gasteiger partial charge in [0.1, 0.15) is 0 Å². The summed E-state index contributed by atoms with van der Waals surface area (Å²) >= 11 is 15.2. The van der Waals surface area contributed by atoms with E-state index in [1.165, 1.54) is 34.7 Å². The fourth-order valence-electron chi connectivity index (χ4n) is 3.52. The molecule has 4 rings (SSSR count). The molecular weight excluding hydrogens is 479 g/mol. The maximum Gasteiger partial charge on any atom is 0.169 e. The van der Waals surface area contributed by atoms with Crippen molar-refractivity contribution in [2.75, 3.05) is 0 Å². The first kappa shape index (κ1) is 25.2. The number of thioether (sulfide) groups is 2. The highest BCUT2D eigenvalue weighted by Gasteiger charge is 2.20. The van der Waals surface area contributed by atoms with Crippen LogP contribution in [0.1, 0.15) is 52.4 Å². The fourth-order valence-corrected chi connectivity index (χ4v) is 6.07. The predicted molar refractivity (Wildman–Crippen MR) is 138 cm³/mol. The second-order valence-electron chi connectivity index (χ2n) is 7.84. The molecule has 6 heteroatoms. The van der Waals surface area contributed by atoms with Crippen LogP contribution in [-0.4, -0.2) is 11.6 Å². The van der Waals surface area contributed by atoms with Crippen LogP contribution in [0.15, 0.2) is 79.3 Å². The Morgan fingerprint density at radius 2 is 1.00 bits per heavy atom. The Hall–Kier alpha value is -1.46. The van der Waals surface area contributed by atoms with Crippen LogP contribution in [-0.2, 0) is 9.59 Å². The minimum absolute atomic E-state index is 0.258. The van der Waals surface area contributed by atoms with Crippen molar-refractivity contribution >= 4 is 58.3 Å². The van der Waals surface area contributed by atoms with Gasteiger partial charge in [-0.2, -0.15) is 0 Å². The van der Waals surface area contributed by atoms with E-state index in [1.54, 1.807) is 0 Å². The van der Waals surface area contributed by atoms with Crippen LogP contribution >= 0.6 is 46.7 Å². The maximum atomic E-state index is 11.8. The van der Waals surface area contributed by atoms with E-state index in [9.17, 15) is 9.59 Å². The molecule has 0 spiro atoms. The summed E-state index contributed by atoms with van der Waals surface area (Å²) in [5.41, 5.74) is 2.39. The second kappa shape index (κ2) is 12.1. The molecule has 0 aromatic heterocycles. The maximum absolute atomic E-state index is 11.8. The van der Waals surface area contributed by atoms with E-state index >= 15 is 0 Å². The smallest absolute Gasteiger partial charge is 0.169 e. The van der Waals surface area contributed by atoms with Crippen molar-refractivity contribution in [2.45, 2.75) is 62.2 Å². The molecule has 0 amide bonds. The number of Topliss-reactive ketones (excluding diaryl/α,β-unsaturated/α-hetero) is 2. The highest BCUT2D eigenvalue weighted by atomic mass is 35.5. The van der Waals surface area contributed by atoms with Gasteiger partial charge in [-0.05, 0) is 63.8 Å². The molecule has 2 nitrogen and oxygen atoms in total. The zero-order valence-corrected chi connectivity index (χ0v) is 21.4. The van der Waals surface area contributed by atoms with Crippen LogP contribution < -0.4 is 0 Å². The van der Waals surface area contributed by atoms with Gasteiger partial charge in [-0.15, -0.1) is 0 Å². The molecule has 0 radical (unpaired) electrons. The molecule has 2 aromatic rings. The van der Waals surface area contributed by atoms with Crippen LogP contribution in [0.3, 0.4) is 0 Å². The SMILES string of the molecule is CC1=C(Sc2ccccc2Cl)C(=O)CCC1.CC1=C(Sc2ccccc2Cl)C(=O)CCC1. The van der Waals surface area contributed by atoms with Gasteiger partial charge in [0.15, 0.2) is 11.6 Å². The molecule has 2 aliphatic rings. The van der Waals surface area contributed by atoms with E-state index in [4.69, 9.17) is 23.2 Å². The molecule has 0 atom stereocenters. The molecular formula is C26H26Cl2O2S2. The molecule has 32 heavy (non-hydrogen) atoms. The largest absolute Gasteiger partial charge is 0.294 e. The topological polar surface area (TPSA) is 34.1 Å². The summed E-state index contributed by atoms with van der Waals surface area (Å²) in [5, 5.41) is 1.43. The number of allylic oxidation sites excluding steroid dienone is 4. The highest BCUT2D eigenvalue weighted by molar-refractivity contribution is 8.04. The summed E-state index contributed by atoms with van der Waals surface area (Å²) in [6, 6.07) is 15.3. The van der Waals surface area contributed by atoms with E-state index in [-0.39, 0.29) is 11.6 Å². The summed E-state index contributed by atoms with van der Waals surface area (Å²) in [4.78, 5) is 27.3. The molecule has 0 fully saturated rings. The minimum Gasteiger partial charge on any atom is -0.294 e. The number of rotatable bonds is 4. The minimum atomic E-state index is 0.258. The Labute approximate surface area is 208 Å². The number of carbonyl (C=O) groups is 2. The van der Waals surface area contributed by atoms with Crippen LogP contribution in [0, 0.1) is 0 Å². The first-order valence-corrected chi connectivity index (χ1v) is 13.1. The zero-order valence-electron chi connectivity index (χ0n) is 18.3. The van der Waals surface area contributed by atoms with E-state index < -0.39 is 0 Å². The number of ketones is 2. The van der Waals surface area contributed by atoms with Gasteiger partial charge in [-0.3, -0.25) is 9.59 Å². The molecule has 0 saturated heterocycles. The normalized spacial score (nSPS) is 16.8. The molecule has 2 aromatic carbocycles. The van der Waals surface area contributed by atoms with Gasteiger partial charge >= 0.3 is 0 Å². The lowest BCUT2D eigenvalue weighted by molar-refractivity contribution is -0.116. The molecule has 2 aliphatic carbocycles. The first-order valence-electron chi connectivity index (χ1n) is 10.7. The van der Waals surface area contributed by atoms with E-state index in [0.717, 1.165) is 45.3 Å². The molecule has 168 valence electrons. The zero-order chi connectivity index (χ0) is 23.1. The molecule has 0 N–H and O–H groups in total. The predicted octanol–water partition coefficient (Wildman–Crippen LogP) is 8.92. The third-order valence-electron chi connectivity index (χ3n) is 5.29. The number of benzene rings is 2. The van der Waals surface area contributed by atoms with Gasteiger partial charge in [0, 0.05) is 22.6 Å². The number of carbonyl (C=O) groups excluding carboxylic acids is 2. The number of hydrogen-bond donors (Lipinski definition) is 0. The second-order valence-corrected chi connectivity index (χ2v) is 10.8. The lowest BCUT2D eigenvalue weighted by atomic mass is 10.00. The molecule has 0 bridgehead atoms. The lowest BCUT2D eigenvalue weighted by Crippen LogP contribution is -2.07. The van der Waals surface area contributed by atoms with Crippen molar-refractivity contribution in [3.8, 4) is 0 Å². The van der Waals surface area contributed by atoms with Gasteiger partial charge < -0.3 is 0 Å². The van der Waals surface area contributed by atoms with Gasteiger partial charge in [0.05, 0.1) is 19.9 Å². The van der Waals surface area contributed by atoms with Crippen molar-refractivity contribution in [1.82, 2.24) is 0 Å². The standard InChI is InChI=1S/2C13H13ClOS/c2*1-9-5-4-7-11(15)13(9)16-12-8-3-2-6-10(12)14/h2*2-3,6,8H,4-5,7H2,1H3. The monoisotopic (exact) mass is 504 g/mol. The Balaban J connectivity index is 0.000000181. The van der Waals surface area contributed by atoms with E-state index in [2.05, 4.69) is 0 Å². The van der Waals surface area contributed by atoms with Gasteiger partial charge in [0.2, 0.25) is 0 Å². The summed E-state index contributed by atoms with van der Waals surface area (Å²) in [6.07, 6.45) is 5.36. The summed E-state index contributed by atoms with van der Waals surface area (Å²) in [6.45, 7) is 4.08. The van der Waals surface area contributed by atoms with Crippen LogP contribution in [0.5, 0.6) is 0 Å². The number of halogens is 2. The quantitative estimate of drug-likeness (QED) is 0.415. The van der Waals surface area contributed by atoms with Crippen molar-refractivity contribution in [3.05, 3.63) is 79.5 Å². The Morgan fingerprint density at radius 1 is 0.625 bits per heavy atom. The molecule has 0 aliphatic heterocycles. The Kier molecular flexibility index (Phi) is 9.54. The van der Waals surface area contributed by atoms with E-state index in [0.29, 0.717) is 22.9 Å². The molecule has 0 saturated carbocycles. The third-order valence-corrected chi connectivity index (χ3v) is 8.89. The summed E-state index contributed by atoms with van der Waals surface area (Å²) < 4.78 is 0. The van der Waals surface area contributed by atoms with Crippen molar-refractivity contribution in [1.29, 1.82) is 0 Å². The van der Waals surface area contributed by atoms with Gasteiger partial charge in [0.25, 0.3) is 0 Å². The van der Waals surface area contributed by atoms with Crippen molar-refractivity contribution in [2.24, 2.45) is 0 Å². The fraction of sp³-hybridized carbons (Fsp3) is 0.308. The molecule has 0 unspecified atom stereocenters. The van der Waals surface area contributed by atoms with Crippen molar-refractivity contribution < 1.29 is 9.59 Å². The molecule has 0 heterocycles. The average molecular weight is 506 g/mol. The average Bonchev–Trinajstić information content (AvgIpc) is 2.76. The summed E-state index contributed by atoms with van der Waals surface area (Å²) in [7, 11) is 0. The van der Waals surface area contributed by atoms with Crippen molar-refractivity contribution in [3.63, 3.8) is 0 Å². The van der Waals surface area contributed by atoms with Gasteiger partial charge in [-0.1, -0.05) is 82.1 Å². The lowest BCUT2D eigenvalue weighted by Gasteiger charge is -2.16. The van der Waals surface area contributed by atoms with Crippen LogP contribution in [0.4, 0.5) is 0 Å². The van der Waals surface area contributed by atoms with Crippen LogP contribution in [0.25, 0.3) is 0 Å². The van der Waals surface area contributed by atoms with Gasteiger partial charge in [-0.25, -0.2) is 0 Å². The summed E-state index contributed by atoms with van der Waals surface area (Å²) in [5.74, 6) is 0.516. The first-order chi connectivity index (χ1) is 15.4. The Morgan fingerprint density at radius 3 is 1.34 bits per heavy atom. The Bertz CT molecular complexity index is 988. The highest BCUT2D eigenvalue weighted by Crippen LogP contribution is 2.39. The van der Waals surface area contributed by atoms with E-state index in [1.807, 2.05) is 62.4 Å².